The molecule has 0 aliphatic carbocycles. The maximum Gasteiger partial charge on any atom is 0.291 e. The minimum atomic E-state index is -4.63. The van der Waals surface area contributed by atoms with Gasteiger partial charge in [0.2, 0.25) is 15.9 Å². The summed E-state index contributed by atoms with van der Waals surface area (Å²) in [7, 11) is -4.63. The van der Waals surface area contributed by atoms with Crippen LogP contribution >= 0.6 is 11.3 Å². The van der Waals surface area contributed by atoms with E-state index in [2.05, 4.69) is 19.9 Å². The van der Waals surface area contributed by atoms with Gasteiger partial charge in [0.1, 0.15) is 22.8 Å². The number of piperazine rings is 1. The van der Waals surface area contributed by atoms with Gasteiger partial charge in [-0.3, -0.25) is 9.20 Å². The predicted molar refractivity (Wildman–Crippen MR) is 132 cm³/mol. The lowest BCUT2D eigenvalue weighted by Gasteiger charge is -2.39. The van der Waals surface area contributed by atoms with Crippen LogP contribution in [0.15, 0.2) is 17.3 Å². The number of alkyl halides is 3. The summed E-state index contributed by atoms with van der Waals surface area (Å²) in [4.78, 5) is 19.1. The van der Waals surface area contributed by atoms with Crippen LogP contribution in [0.5, 0.6) is 0 Å². The molecule has 0 aromatic carbocycles. The molecule has 0 saturated carbocycles. The zero-order valence-electron chi connectivity index (χ0n) is 20.9. The Kier molecular flexibility index (Phi) is 7.28. The first-order chi connectivity index (χ1) is 18.5. The quantitative estimate of drug-likeness (QED) is 0.396. The van der Waals surface area contributed by atoms with Gasteiger partial charge >= 0.3 is 0 Å². The van der Waals surface area contributed by atoms with Crippen LogP contribution in [0.1, 0.15) is 25.3 Å². The molecular formula is C22H25F4N7O4S2. The number of halogens is 4. The molecule has 0 bridgehead atoms. The Morgan fingerprint density at radius 1 is 1.21 bits per heavy atom. The van der Waals surface area contributed by atoms with E-state index in [-0.39, 0.29) is 73.3 Å². The Bertz CT molecular complexity index is 1490. The van der Waals surface area contributed by atoms with E-state index in [1.807, 2.05) is 0 Å². The first-order valence-corrected chi connectivity index (χ1v) is 14.3. The van der Waals surface area contributed by atoms with Crippen LogP contribution in [0.25, 0.3) is 16.3 Å². The summed E-state index contributed by atoms with van der Waals surface area (Å²) >= 11 is 0.567. The molecule has 3 aromatic heterocycles. The number of amides is 1. The van der Waals surface area contributed by atoms with Gasteiger partial charge in [-0.2, -0.15) is 4.72 Å². The average Bonchev–Trinajstić information content (AvgIpc) is 3.53. The van der Waals surface area contributed by atoms with Crippen molar-refractivity contribution in [2.45, 2.75) is 30.7 Å². The van der Waals surface area contributed by atoms with Crippen molar-refractivity contribution in [3.8, 4) is 10.8 Å². The molecule has 17 heteroatoms. The lowest BCUT2D eigenvalue weighted by atomic mass is 10.0. The van der Waals surface area contributed by atoms with Crippen molar-refractivity contribution in [3.05, 3.63) is 23.2 Å². The van der Waals surface area contributed by atoms with E-state index in [0.29, 0.717) is 11.3 Å². The molecule has 1 N–H and O–H groups in total. The molecule has 0 unspecified atom stereocenters. The number of sulfonamides is 1. The molecule has 3 aromatic rings. The Morgan fingerprint density at radius 3 is 2.44 bits per heavy atom. The molecule has 39 heavy (non-hydrogen) atoms. The van der Waals surface area contributed by atoms with Crippen molar-refractivity contribution in [2.75, 3.05) is 51.0 Å². The molecule has 2 saturated heterocycles. The lowest BCUT2D eigenvalue weighted by Crippen LogP contribution is -2.63. The van der Waals surface area contributed by atoms with Crippen molar-refractivity contribution < 1.29 is 35.5 Å². The molecule has 1 amide bonds. The fourth-order valence-corrected chi connectivity index (χ4v) is 6.62. The summed E-state index contributed by atoms with van der Waals surface area (Å²) in [6.07, 6.45) is -0.621. The third-order valence-corrected chi connectivity index (χ3v) is 9.07. The van der Waals surface area contributed by atoms with Gasteiger partial charge < -0.3 is 14.5 Å². The maximum atomic E-state index is 16.2. The van der Waals surface area contributed by atoms with E-state index in [0.717, 1.165) is 6.20 Å². The fraction of sp³-hybridized carbons (Fsp3) is 0.545. The molecule has 5 heterocycles. The lowest BCUT2D eigenvalue weighted by molar-refractivity contribution is -0.134. The molecule has 0 radical (unpaired) electrons. The van der Waals surface area contributed by atoms with E-state index in [9.17, 15) is 26.4 Å². The van der Waals surface area contributed by atoms with Gasteiger partial charge in [0, 0.05) is 38.3 Å². The fourth-order valence-electron chi connectivity index (χ4n) is 4.50. The predicted octanol–water partition coefficient (Wildman–Crippen LogP) is 2.25. The standard InChI is InChI=1S/C22H25F4N7O4S2/c1-12(2)21(34)32-5-3-31(4-6-32)16-13-7-27-18(20-29-28-19(38-20)17(25)26)33(13)8-14(15(16)24)39(35,36)30-22(9-23)10-37-11-22/h7-8,12,17,30H,3-6,9-11H2,1-2H3. The number of fused-ring (bicyclic) bond motifs is 1. The van der Waals surface area contributed by atoms with E-state index < -0.39 is 44.4 Å². The summed E-state index contributed by atoms with van der Waals surface area (Å²) in [6, 6.07) is 0. The molecule has 5 rings (SSSR count). The first-order valence-electron chi connectivity index (χ1n) is 12.0. The highest BCUT2D eigenvalue weighted by atomic mass is 32.2. The molecular weight excluding hydrogens is 566 g/mol. The minimum Gasteiger partial charge on any atom is -0.377 e. The number of nitrogens with one attached hydrogen (secondary N) is 1. The number of hydrogen-bond donors (Lipinski definition) is 1. The zero-order chi connectivity index (χ0) is 28.1. The summed E-state index contributed by atoms with van der Waals surface area (Å²) in [5.74, 6) is -1.39. The Morgan fingerprint density at radius 2 is 1.90 bits per heavy atom. The van der Waals surface area contributed by atoms with Gasteiger partial charge in [0.05, 0.1) is 24.9 Å². The number of hydrogen-bond acceptors (Lipinski definition) is 9. The summed E-state index contributed by atoms with van der Waals surface area (Å²) in [6.45, 7) is 2.98. The van der Waals surface area contributed by atoms with Gasteiger partial charge in [-0.05, 0) is 0 Å². The second-order valence-electron chi connectivity index (χ2n) is 9.72. The number of carbonyl (C=O) groups excluding carboxylic acids is 1. The number of ether oxygens (including phenoxy) is 1. The van der Waals surface area contributed by atoms with Crippen molar-refractivity contribution in [1.29, 1.82) is 0 Å². The number of rotatable bonds is 8. The highest BCUT2D eigenvalue weighted by molar-refractivity contribution is 7.89. The van der Waals surface area contributed by atoms with Crippen LogP contribution in [0.2, 0.25) is 0 Å². The molecule has 11 nitrogen and oxygen atoms in total. The maximum absolute atomic E-state index is 16.2. The first kappa shape index (κ1) is 27.7. The number of pyridine rings is 1. The third kappa shape index (κ3) is 4.96. The monoisotopic (exact) mass is 591 g/mol. The van der Waals surface area contributed by atoms with Gasteiger partial charge in [-0.15, -0.1) is 10.2 Å². The molecule has 212 valence electrons. The SMILES string of the molecule is CC(C)C(=O)N1CCN(c2c(F)c(S(=O)(=O)NC3(CF)COC3)cn3c(-c4nnc(C(F)F)s4)ncc23)CC1. The molecule has 2 aliphatic heterocycles. The smallest absolute Gasteiger partial charge is 0.291 e. The van der Waals surface area contributed by atoms with Crippen molar-refractivity contribution in [1.82, 2.24) is 29.2 Å². The average molecular weight is 592 g/mol. The number of aromatic nitrogens is 4. The number of carbonyl (C=O) groups is 1. The summed E-state index contributed by atoms with van der Waals surface area (Å²) in [5, 5.41) is 6.62. The summed E-state index contributed by atoms with van der Waals surface area (Å²) < 4.78 is 91.3. The highest BCUT2D eigenvalue weighted by Crippen LogP contribution is 2.36. The zero-order valence-corrected chi connectivity index (χ0v) is 22.5. The Hall–Kier alpha value is -2.89. The van der Waals surface area contributed by atoms with Crippen molar-refractivity contribution >= 4 is 38.5 Å². The number of imidazole rings is 1. The third-order valence-electron chi connectivity index (χ3n) is 6.58. The normalized spacial score (nSPS) is 17.8. The van der Waals surface area contributed by atoms with Crippen LogP contribution in [-0.4, -0.2) is 90.4 Å². The number of nitrogens with zero attached hydrogens (tertiary/aromatic N) is 6. The van der Waals surface area contributed by atoms with Gasteiger partial charge in [-0.1, -0.05) is 25.2 Å². The van der Waals surface area contributed by atoms with Crippen molar-refractivity contribution in [2.24, 2.45) is 5.92 Å². The molecule has 2 aliphatic rings. The van der Waals surface area contributed by atoms with E-state index in [1.54, 1.807) is 23.6 Å². The van der Waals surface area contributed by atoms with Crippen LogP contribution in [0, 0.1) is 11.7 Å². The van der Waals surface area contributed by atoms with Crippen LogP contribution in [0.4, 0.5) is 23.2 Å². The van der Waals surface area contributed by atoms with E-state index >= 15 is 4.39 Å². The molecule has 2 fully saturated rings. The largest absolute Gasteiger partial charge is 0.377 e. The topological polar surface area (TPSA) is 122 Å². The summed E-state index contributed by atoms with van der Waals surface area (Å²) in [5.41, 5.74) is -1.47. The molecule has 0 atom stereocenters. The highest BCUT2D eigenvalue weighted by Gasteiger charge is 2.44. The van der Waals surface area contributed by atoms with Crippen molar-refractivity contribution in [3.63, 3.8) is 0 Å². The van der Waals surface area contributed by atoms with Gasteiger partial charge in [-0.25, -0.2) is 31.0 Å². The number of anilines is 1. The van der Waals surface area contributed by atoms with Crippen LogP contribution in [0.3, 0.4) is 0 Å². The van der Waals surface area contributed by atoms with E-state index in [1.165, 1.54) is 10.6 Å². The van der Waals surface area contributed by atoms with Crippen LogP contribution < -0.4 is 9.62 Å². The second-order valence-corrected chi connectivity index (χ2v) is 12.4. The Balaban J connectivity index is 1.62. The van der Waals surface area contributed by atoms with Gasteiger partial charge in [0.15, 0.2) is 21.7 Å². The van der Waals surface area contributed by atoms with E-state index in [4.69, 9.17) is 4.74 Å². The Labute approximate surface area is 224 Å². The molecule has 0 spiro atoms. The van der Waals surface area contributed by atoms with Gasteiger partial charge in [0.25, 0.3) is 6.43 Å². The second kappa shape index (κ2) is 10.3. The minimum absolute atomic E-state index is 0.0205. The van der Waals surface area contributed by atoms with Crippen LogP contribution in [-0.2, 0) is 19.6 Å².